The van der Waals surface area contributed by atoms with E-state index >= 15 is 0 Å². The first-order valence-corrected chi connectivity index (χ1v) is 11.3. The third-order valence-corrected chi connectivity index (χ3v) is 6.66. The molecule has 0 saturated heterocycles. The zero-order valence-corrected chi connectivity index (χ0v) is 19.5. The predicted octanol–water partition coefficient (Wildman–Crippen LogP) is 3.69. The number of pyridine rings is 1. The van der Waals surface area contributed by atoms with Crippen LogP contribution in [-0.4, -0.2) is 26.3 Å². The van der Waals surface area contributed by atoms with E-state index in [9.17, 15) is 14.4 Å². The van der Waals surface area contributed by atoms with Crippen molar-refractivity contribution in [2.24, 2.45) is 0 Å². The van der Waals surface area contributed by atoms with Gasteiger partial charge in [-0.1, -0.05) is 23.7 Å². The molecule has 4 rings (SSSR count). The highest BCUT2D eigenvalue weighted by atomic mass is 35.5. The van der Waals surface area contributed by atoms with Crippen molar-refractivity contribution in [3.63, 3.8) is 0 Å². The number of halogens is 1. The molecule has 10 heteroatoms. The minimum absolute atomic E-state index is 0.218. The molecule has 33 heavy (non-hydrogen) atoms. The highest BCUT2D eigenvalue weighted by Crippen LogP contribution is 2.27. The molecule has 0 aliphatic rings. The van der Waals surface area contributed by atoms with Crippen molar-refractivity contribution in [3.8, 4) is 0 Å². The van der Waals surface area contributed by atoms with Crippen molar-refractivity contribution in [2.75, 3.05) is 5.32 Å². The maximum absolute atomic E-state index is 13.0. The molecule has 8 nitrogen and oxygen atoms in total. The van der Waals surface area contributed by atoms with Gasteiger partial charge in [-0.05, 0) is 49.2 Å². The summed E-state index contributed by atoms with van der Waals surface area (Å²) in [4.78, 5) is 47.5. The Morgan fingerprint density at radius 3 is 2.70 bits per heavy atom. The van der Waals surface area contributed by atoms with Crippen LogP contribution in [0.5, 0.6) is 0 Å². The van der Waals surface area contributed by atoms with Gasteiger partial charge in [0.15, 0.2) is 0 Å². The molecule has 0 spiro atoms. The Kier molecular flexibility index (Phi) is 6.52. The molecule has 3 aromatic heterocycles. The number of carbonyl (C=O) groups is 2. The number of aryl methyl sites for hydroxylation is 2. The van der Waals surface area contributed by atoms with Gasteiger partial charge in [0, 0.05) is 16.9 Å². The average Bonchev–Trinajstić information content (AvgIpc) is 3.14. The summed E-state index contributed by atoms with van der Waals surface area (Å²) >= 11 is 7.24. The molecular weight excluding hydrogens is 462 g/mol. The Hall–Kier alpha value is -3.56. The first-order valence-electron chi connectivity index (χ1n) is 10.1. The smallest absolute Gasteiger partial charge is 0.262 e. The van der Waals surface area contributed by atoms with E-state index in [-0.39, 0.29) is 30.5 Å². The monoisotopic (exact) mass is 481 g/mol. The van der Waals surface area contributed by atoms with Crippen LogP contribution < -0.4 is 16.2 Å². The molecule has 0 atom stereocenters. The molecule has 0 fully saturated rings. The summed E-state index contributed by atoms with van der Waals surface area (Å²) in [6.07, 6.45) is 2.97. The SMILES string of the molecule is Cc1ccc(NC(=O)Cn2cnc3sc(C(=O)NCc4ccccn4)c(C)c3c2=O)cc1Cl. The highest BCUT2D eigenvalue weighted by Gasteiger charge is 2.20. The fourth-order valence-electron chi connectivity index (χ4n) is 3.27. The van der Waals surface area contributed by atoms with Gasteiger partial charge in [0.2, 0.25) is 5.91 Å². The number of aromatic nitrogens is 3. The van der Waals surface area contributed by atoms with Crippen molar-refractivity contribution in [3.05, 3.63) is 86.0 Å². The van der Waals surface area contributed by atoms with Crippen LogP contribution in [0.1, 0.15) is 26.5 Å². The second-order valence-corrected chi connectivity index (χ2v) is 8.84. The summed E-state index contributed by atoms with van der Waals surface area (Å²) in [5.41, 5.74) is 2.32. The minimum Gasteiger partial charge on any atom is -0.346 e. The minimum atomic E-state index is -0.389. The Bertz CT molecular complexity index is 1420. The molecule has 3 heterocycles. The van der Waals surface area contributed by atoms with Gasteiger partial charge in [-0.25, -0.2) is 4.98 Å². The lowest BCUT2D eigenvalue weighted by atomic mass is 10.2. The van der Waals surface area contributed by atoms with Gasteiger partial charge >= 0.3 is 0 Å². The van der Waals surface area contributed by atoms with Crippen LogP contribution in [-0.2, 0) is 17.9 Å². The van der Waals surface area contributed by atoms with Crippen molar-refractivity contribution < 1.29 is 9.59 Å². The molecule has 168 valence electrons. The summed E-state index contributed by atoms with van der Waals surface area (Å²) in [5, 5.41) is 6.41. The van der Waals surface area contributed by atoms with E-state index in [1.807, 2.05) is 19.1 Å². The zero-order chi connectivity index (χ0) is 23.5. The average molecular weight is 482 g/mol. The van der Waals surface area contributed by atoms with Gasteiger partial charge < -0.3 is 10.6 Å². The van der Waals surface area contributed by atoms with E-state index in [2.05, 4.69) is 20.6 Å². The third-order valence-electron chi connectivity index (χ3n) is 5.05. The van der Waals surface area contributed by atoms with Crippen LogP contribution in [0.25, 0.3) is 10.2 Å². The summed E-state index contributed by atoms with van der Waals surface area (Å²) in [6, 6.07) is 10.6. The number of nitrogens with one attached hydrogen (secondary N) is 2. The maximum Gasteiger partial charge on any atom is 0.262 e. The number of carbonyl (C=O) groups excluding carboxylic acids is 2. The number of amides is 2. The first-order chi connectivity index (χ1) is 15.8. The number of benzene rings is 1. The van der Waals surface area contributed by atoms with Gasteiger partial charge in [-0.15, -0.1) is 11.3 Å². The topological polar surface area (TPSA) is 106 Å². The quantitative estimate of drug-likeness (QED) is 0.437. The highest BCUT2D eigenvalue weighted by molar-refractivity contribution is 7.20. The Morgan fingerprint density at radius 2 is 1.97 bits per heavy atom. The summed E-state index contributed by atoms with van der Waals surface area (Å²) in [6.45, 7) is 3.62. The van der Waals surface area contributed by atoms with Gasteiger partial charge in [-0.2, -0.15) is 0 Å². The van der Waals surface area contributed by atoms with Gasteiger partial charge in [0.25, 0.3) is 11.5 Å². The second-order valence-electron chi connectivity index (χ2n) is 7.43. The third kappa shape index (κ3) is 4.94. The predicted molar refractivity (Wildman–Crippen MR) is 129 cm³/mol. The largest absolute Gasteiger partial charge is 0.346 e. The van der Waals surface area contributed by atoms with E-state index in [4.69, 9.17) is 11.6 Å². The van der Waals surface area contributed by atoms with E-state index < -0.39 is 0 Å². The number of hydrogen-bond donors (Lipinski definition) is 2. The molecule has 2 amide bonds. The molecule has 0 saturated carbocycles. The van der Waals surface area contributed by atoms with Crippen molar-refractivity contribution in [1.82, 2.24) is 19.9 Å². The van der Waals surface area contributed by atoms with E-state index in [0.29, 0.717) is 31.4 Å². The molecule has 1 aromatic carbocycles. The van der Waals surface area contributed by atoms with Crippen LogP contribution in [0, 0.1) is 13.8 Å². The number of fused-ring (bicyclic) bond motifs is 1. The van der Waals surface area contributed by atoms with E-state index in [0.717, 1.165) is 22.6 Å². The fourth-order valence-corrected chi connectivity index (χ4v) is 4.50. The maximum atomic E-state index is 13.0. The van der Waals surface area contributed by atoms with Crippen LogP contribution in [0.15, 0.2) is 53.7 Å². The lowest BCUT2D eigenvalue weighted by molar-refractivity contribution is -0.116. The lowest BCUT2D eigenvalue weighted by Gasteiger charge is -2.08. The van der Waals surface area contributed by atoms with Crippen LogP contribution in [0.4, 0.5) is 5.69 Å². The zero-order valence-electron chi connectivity index (χ0n) is 17.9. The molecule has 0 aliphatic heterocycles. The fraction of sp³-hybridized carbons (Fsp3) is 0.174. The van der Waals surface area contributed by atoms with Crippen LogP contribution >= 0.6 is 22.9 Å². The molecule has 2 N–H and O–H groups in total. The Morgan fingerprint density at radius 1 is 1.15 bits per heavy atom. The van der Waals surface area contributed by atoms with Crippen molar-refractivity contribution in [1.29, 1.82) is 0 Å². The van der Waals surface area contributed by atoms with E-state index in [1.54, 1.807) is 37.4 Å². The van der Waals surface area contributed by atoms with Gasteiger partial charge in [0.1, 0.15) is 11.4 Å². The summed E-state index contributed by atoms with van der Waals surface area (Å²) in [5.74, 6) is -0.694. The van der Waals surface area contributed by atoms with Crippen molar-refractivity contribution >= 4 is 50.7 Å². The Balaban J connectivity index is 1.52. The van der Waals surface area contributed by atoms with Gasteiger partial charge in [-0.3, -0.25) is 23.9 Å². The van der Waals surface area contributed by atoms with Crippen molar-refractivity contribution in [2.45, 2.75) is 26.9 Å². The lowest BCUT2D eigenvalue weighted by Crippen LogP contribution is -2.28. The number of rotatable bonds is 6. The second kappa shape index (κ2) is 9.51. The summed E-state index contributed by atoms with van der Waals surface area (Å²) in [7, 11) is 0. The molecule has 0 radical (unpaired) electrons. The molecule has 0 bridgehead atoms. The van der Waals surface area contributed by atoms with Crippen LogP contribution in [0.2, 0.25) is 5.02 Å². The summed E-state index contributed by atoms with van der Waals surface area (Å²) < 4.78 is 1.22. The number of nitrogens with zero attached hydrogens (tertiary/aromatic N) is 3. The molecule has 4 aromatic rings. The van der Waals surface area contributed by atoms with E-state index in [1.165, 1.54) is 10.9 Å². The number of thiophene rings is 1. The first kappa shape index (κ1) is 22.6. The Labute approximate surface area is 198 Å². The standard InChI is InChI=1S/C23H20ClN5O3S/c1-13-6-7-15(9-17(13)24)28-18(30)11-29-12-27-22-19(23(29)32)14(2)20(33-22)21(31)26-10-16-5-3-4-8-25-16/h3-9,12H,10-11H2,1-2H3,(H,26,31)(H,28,30). The molecular formula is C23H20ClN5O3S. The van der Waals surface area contributed by atoms with Gasteiger partial charge in [0.05, 0.1) is 28.8 Å². The normalized spacial score (nSPS) is 10.9. The van der Waals surface area contributed by atoms with Crippen LogP contribution in [0.3, 0.4) is 0 Å². The number of anilines is 1. The number of hydrogen-bond acceptors (Lipinski definition) is 6. The molecule has 0 unspecified atom stereocenters. The molecule has 0 aliphatic carbocycles.